The smallest absolute Gasteiger partial charge is 0.356 e. The van der Waals surface area contributed by atoms with Crippen molar-refractivity contribution in [2.45, 2.75) is 19.8 Å². The molecule has 2 rings (SSSR count). The van der Waals surface area contributed by atoms with Crippen molar-refractivity contribution < 1.29 is 9.90 Å². The van der Waals surface area contributed by atoms with Crippen molar-refractivity contribution in [3.63, 3.8) is 0 Å². The predicted octanol–water partition coefficient (Wildman–Crippen LogP) is 1.63. The zero-order valence-electron chi connectivity index (χ0n) is 9.18. The number of aromatic nitrogens is 2. The summed E-state index contributed by atoms with van der Waals surface area (Å²) in [6.07, 6.45) is 2.65. The van der Waals surface area contributed by atoms with Crippen LogP contribution in [-0.2, 0) is 0 Å². The number of carboxylic acids is 1. The van der Waals surface area contributed by atoms with Crippen LogP contribution in [0.25, 0.3) is 0 Å². The van der Waals surface area contributed by atoms with Crippen LogP contribution in [0.2, 0.25) is 0 Å². The number of rotatable bonds is 5. The summed E-state index contributed by atoms with van der Waals surface area (Å²) in [6, 6.07) is 3.11. The molecule has 1 heterocycles. The fraction of sp³-hybridized carbons (Fsp3) is 0.545. The van der Waals surface area contributed by atoms with Crippen LogP contribution in [0.5, 0.6) is 0 Å². The largest absolute Gasteiger partial charge is 0.476 e. The number of aromatic carboxylic acids is 1. The highest BCUT2D eigenvalue weighted by molar-refractivity contribution is 5.85. The maximum atomic E-state index is 10.6. The number of carboxylic acid groups (broad SMARTS) is 1. The SMILES string of the molecule is CC(CNc1ccc(C(=O)O)nn1)C1CC1. The monoisotopic (exact) mass is 221 g/mol. The number of anilines is 1. The first kappa shape index (κ1) is 10.9. The Morgan fingerprint density at radius 2 is 2.31 bits per heavy atom. The molecular weight excluding hydrogens is 206 g/mol. The normalized spacial score (nSPS) is 16.8. The van der Waals surface area contributed by atoms with E-state index in [4.69, 9.17) is 5.11 Å². The van der Waals surface area contributed by atoms with Gasteiger partial charge in [-0.2, -0.15) is 0 Å². The van der Waals surface area contributed by atoms with E-state index in [1.165, 1.54) is 18.9 Å². The maximum absolute atomic E-state index is 10.6. The standard InChI is InChI=1S/C11H15N3O2/c1-7(8-2-3-8)6-12-10-5-4-9(11(15)16)13-14-10/h4-5,7-8H,2-3,6H2,1H3,(H,12,14)(H,15,16). The molecule has 2 N–H and O–H groups in total. The molecule has 0 aliphatic heterocycles. The summed E-state index contributed by atoms with van der Waals surface area (Å²) < 4.78 is 0. The Balaban J connectivity index is 1.86. The van der Waals surface area contributed by atoms with Crippen LogP contribution in [0, 0.1) is 11.8 Å². The number of carbonyl (C=O) groups is 1. The van der Waals surface area contributed by atoms with Gasteiger partial charge in [0, 0.05) is 6.54 Å². The summed E-state index contributed by atoms with van der Waals surface area (Å²) in [5.74, 6) is 1.07. The van der Waals surface area contributed by atoms with Gasteiger partial charge in [-0.1, -0.05) is 6.92 Å². The summed E-state index contributed by atoms with van der Waals surface area (Å²) in [4.78, 5) is 10.6. The van der Waals surface area contributed by atoms with Crippen LogP contribution in [0.1, 0.15) is 30.3 Å². The molecule has 5 heteroatoms. The minimum absolute atomic E-state index is 0.0270. The van der Waals surface area contributed by atoms with Gasteiger partial charge < -0.3 is 10.4 Å². The van der Waals surface area contributed by atoms with Crippen LogP contribution >= 0.6 is 0 Å². The Morgan fingerprint density at radius 3 is 2.81 bits per heavy atom. The van der Waals surface area contributed by atoms with Crippen molar-refractivity contribution in [2.24, 2.45) is 11.8 Å². The van der Waals surface area contributed by atoms with Gasteiger partial charge in [0.1, 0.15) is 5.82 Å². The number of nitrogens with one attached hydrogen (secondary N) is 1. The van der Waals surface area contributed by atoms with Crippen molar-refractivity contribution in [3.8, 4) is 0 Å². The Hall–Kier alpha value is -1.65. The van der Waals surface area contributed by atoms with E-state index < -0.39 is 5.97 Å². The molecule has 1 aliphatic carbocycles. The van der Waals surface area contributed by atoms with Gasteiger partial charge in [-0.3, -0.25) is 0 Å². The summed E-state index contributed by atoms with van der Waals surface area (Å²) in [5, 5.41) is 19.2. The van der Waals surface area contributed by atoms with Crippen molar-refractivity contribution in [3.05, 3.63) is 17.8 Å². The zero-order chi connectivity index (χ0) is 11.5. The van der Waals surface area contributed by atoms with Gasteiger partial charge in [0.15, 0.2) is 5.69 Å². The van der Waals surface area contributed by atoms with Gasteiger partial charge >= 0.3 is 5.97 Å². The highest BCUT2D eigenvalue weighted by Gasteiger charge is 2.27. The first-order valence-corrected chi connectivity index (χ1v) is 5.47. The van der Waals surface area contributed by atoms with E-state index >= 15 is 0 Å². The van der Waals surface area contributed by atoms with E-state index in [9.17, 15) is 4.79 Å². The number of nitrogens with zero attached hydrogens (tertiary/aromatic N) is 2. The van der Waals surface area contributed by atoms with Gasteiger partial charge in [-0.25, -0.2) is 4.79 Å². The highest BCUT2D eigenvalue weighted by atomic mass is 16.4. The topological polar surface area (TPSA) is 75.1 Å². The molecule has 0 bridgehead atoms. The van der Waals surface area contributed by atoms with Crippen molar-refractivity contribution in [1.82, 2.24) is 10.2 Å². The van der Waals surface area contributed by atoms with E-state index in [0.717, 1.165) is 12.5 Å². The molecule has 16 heavy (non-hydrogen) atoms. The lowest BCUT2D eigenvalue weighted by Crippen LogP contribution is -2.14. The third-order valence-corrected chi connectivity index (χ3v) is 2.92. The molecule has 1 aromatic rings. The van der Waals surface area contributed by atoms with Gasteiger partial charge in [-0.15, -0.1) is 10.2 Å². The Labute approximate surface area is 93.9 Å². The summed E-state index contributed by atoms with van der Waals surface area (Å²) in [7, 11) is 0. The average Bonchev–Trinajstić information content (AvgIpc) is 3.10. The van der Waals surface area contributed by atoms with Crippen molar-refractivity contribution >= 4 is 11.8 Å². The molecule has 5 nitrogen and oxygen atoms in total. The second-order valence-electron chi connectivity index (χ2n) is 4.30. The Morgan fingerprint density at radius 1 is 1.56 bits per heavy atom. The second-order valence-corrected chi connectivity index (χ2v) is 4.30. The molecule has 0 saturated heterocycles. The summed E-state index contributed by atoms with van der Waals surface area (Å²) in [5.41, 5.74) is -0.0270. The third-order valence-electron chi connectivity index (χ3n) is 2.92. The molecule has 0 radical (unpaired) electrons. The van der Waals surface area contributed by atoms with Gasteiger partial charge in [0.25, 0.3) is 0 Å². The van der Waals surface area contributed by atoms with Crippen LogP contribution < -0.4 is 5.32 Å². The lowest BCUT2D eigenvalue weighted by atomic mass is 10.1. The molecular formula is C11H15N3O2. The molecule has 86 valence electrons. The first-order chi connectivity index (χ1) is 7.66. The molecule has 0 aromatic carbocycles. The maximum Gasteiger partial charge on any atom is 0.356 e. The fourth-order valence-electron chi connectivity index (χ4n) is 1.64. The summed E-state index contributed by atoms with van der Waals surface area (Å²) >= 11 is 0. The van der Waals surface area contributed by atoms with E-state index in [0.29, 0.717) is 11.7 Å². The van der Waals surface area contributed by atoms with Gasteiger partial charge in [0.2, 0.25) is 0 Å². The van der Waals surface area contributed by atoms with Gasteiger partial charge in [-0.05, 0) is 36.8 Å². The van der Waals surface area contributed by atoms with Crippen LogP contribution in [-0.4, -0.2) is 27.8 Å². The lowest BCUT2D eigenvalue weighted by Gasteiger charge is -2.11. The average molecular weight is 221 g/mol. The van der Waals surface area contributed by atoms with Crippen molar-refractivity contribution in [1.29, 1.82) is 0 Å². The first-order valence-electron chi connectivity index (χ1n) is 5.47. The third kappa shape index (κ3) is 2.68. The Kier molecular flexibility index (Phi) is 3.03. The minimum Gasteiger partial charge on any atom is -0.476 e. The summed E-state index contributed by atoms with van der Waals surface area (Å²) in [6.45, 7) is 3.08. The van der Waals surface area contributed by atoms with E-state index in [-0.39, 0.29) is 5.69 Å². The molecule has 1 saturated carbocycles. The molecule has 1 fully saturated rings. The molecule has 0 amide bonds. The van der Waals surface area contributed by atoms with E-state index in [2.05, 4.69) is 22.4 Å². The molecule has 1 atom stereocenters. The second kappa shape index (κ2) is 4.47. The predicted molar refractivity (Wildman–Crippen MR) is 59.4 cm³/mol. The molecule has 0 spiro atoms. The lowest BCUT2D eigenvalue weighted by molar-refractivity contribution is 0.0689. The van der Waals surface area contributed by atoms with Crippen molar-refractivity contribution in [2.75, 3.05) is 11.9 Å². The number of hydrogen-bond donors (Lipinski definition) is 2. The van der Waals surface area contributed by atoms with E-state index in [1.807, 2.05) is 0 Å². The molecule has 1 aromatic heterocycles. The van der Waals surface area contributed by atoms with Gasteiger partial charge in [0.05, 0.1) is 0 Å². The highest BCUT2D eigenvalue weighted by Crippen LogP contribution is 2.36. The quantitative estimate of drug-likeness (QED) is 0.790. The number of hydrogen-bond acceptors (Lipinski definition) is 4. The zero-order valence-corrected chi connectivity index (χ0v) is 9.18. The molecule has 1 aliphatic rings. The van der Waals surface area contributed by atoms with Crippen LogP contribution in [0.4, 0.5) is 5.82 Å². The van der Waals surface area contributed by atoms with Crippen LogP contribution in [0.15, 0.2) is 12.1 Å². The minimum atomic E-state index is -1.05. The van der Waals surface area contributed by atoms with E-state index in [1.54, 1.807) is 6.07 Å². The van der Waals surface area contributed by atoms with Crippen LogP contribution in [0.3, 0.4) is 0 Å². The Bertz CT molecular complexity index is 373. The molecule has 1 unspecified atom stereocenters. The fourth-order valence-corrected chi connectivity index (χ4v) is 1.64.